The molecule has 3 aromatic carbocycles. The Hall–Kier alpha value is -3.27. The number of carbonyl (C=O) groups excluding carboxylic acids is 1. The minimum Gasteiger partial charge on any atom is -0.366 e. The Balaban J connectivity index is 1.86. The molecule has 0 spiro atoms. The summed E-state index contributed by atoms with van der Waals surface area (Å²) in [6.45, 7) is -0.175. The molecule has 1 amide bonds. The molecule has 1 N–H and O–H groups in total. The molecular weight excluding hydrogens is 427 g/mol. The quantitative estimate of drug-likeness (QED) is 0.559. The maximum Gasteiger partial charge on any atom is 0.418 e. The summed E-state index contributed by atoms with van der Waals surface area (Å²) >= 11 is 5.88. The molecule has 1 atom stereocenters. The number of halogens is 4. The fraction of sp³-hybridized carbons (Fsp3) is 0.125. The normalized spacial score (nSPS) is 17.8. The van der Waals surface area contributed by atoms with Crippen molar-refractivity contribution >= 4 is 23.2 Å². The zero-order valence-electron chi connectivity index (χ0n) is 15.9. The van der Waals surface area contributed by atoms with Crippen molar-refractivity contribution in [2.45, 2.75) is 18.3 Å². The molecule has 3 aromatic rings. The van der Waals surface area contributed by atoms with Crippen molar-refractivity contribution in [3.8, 4) is 11.8 Å². The van der Waals surface area contributed by atoms with Crippen LogP contribution in [0, 0.1) is 11.8 Å². The summed E-state index contributed by atoms with van der Waals surface area (Å²) in [5.74, 6) is 4.28. The van der Waals surface area contributed by atoms with E-state index in [0.29, 0.717) is 16.1 Å². The van der Waals surface area contributed by atoms with Crippen LogP contribution in [0.3, 0.4) is 0 Å². The van der Waals surface area contributed by atoms with Crippen molar-refractivity contribution in [3.63, 3.8) is 0 Å². The molecule has 0 radical (unpaired) electrons. The van der Waals surface area contributed by atoms with E-state index in [9.17, 15) is 23.1 Å². The van der Waals surface area contributed by atoms with Gasteiger partial charge < -0.3 is 10.0 Å². The molecule has 0 aromatic heterocycles. The number of rotatable bonds is 2. The van der Waals surface area contributed by atoms with E-state index in [1.54, 1.807) is 54.6 Å². The van der Waals surface area contributed by atoms with Crippen molar-refractivity contribution in [3.05, 3.63) is 100 Å². The lowest BCUT2D eigenvalue weighted by Crippen LogP contribution is -2.39. The van der Waals surface area contributed by atoms with Gasteiger partial charge in [-0.05, 0) is 41.8 Å². The molecule has 3 nitrogen and oxygen atoms in total. The molecule has 1 aliphatic rings. The van der Waals surface area contributed by atoms with Gasteiger partial charge in [-0.1, -0.05) is 60.0 Å². The number of anilines is 1. The number of carbonyl (C=O) groups is 1. The molecular formula is C24H15ClF3NO2. The minimum absolute atomic E-state index is 0.175. The molecule has 31 heavy (non-hydrogen) atoms. The molecule has 1 unspecified atom stereocenters. The van der Waals surface area contributed by atoms with Gasteiger partial charge in [0.15, 0.2) is 0 Å². The summed E-state index contributed by atoms with van der Waals surface area (Å²) in [7, 11) is 0. The monoisotopic (exact) mass is 441 g/mol. The maximum absolute atomic E-state index is 13.8. The van der Waals surface area contributed by atoms with Crippen LogP contribution in [-0.2, 0) is 23.1 Å². The first-order chi connectivity index (χ1) is 14.7. The lowest BCUT2D eigenvalue weighted by molar-refractivity contribution is -0.137. The van der Waals surface area contributed by atoms with Gasteiger partial charge in [0.05, 0.1) is 17.8 Å². The highest BCUT2D eigenvalue weighted by atomic mass is 35.5. The van der Waals surface area contributed by atoms with Crippen molar-refractivity contribution in [2.75, 3.05) is 4.90 Å². The molecule has 0 bridgehead atoms. The van der Waals surface area contributed by atoms with Crippen LogP contribution in [-0.4, -0.2) is 11.0 Å². The van der Waals surface area contributed by atoms with E-state index < -0.39 is 23.2 Å². The predicted molar refractivity (Wildman–Crippen MR) is 111 cm³/mol. The Kier molecular flexibility index (Phi) is 5.26. The number of fused-ring (bicyclic) bond motifs is 1. The number of amides is 1. The third-order valence-electron chi connectivity index (χ3n) is 4.97. The largest absolute Gasteiger partial charge is 0.418 e. The minimum atomic E-state index is -4.72. The summed E-state index contributed by atoms with van der Waals surface area (Å²) in [5.41, 5.74) is -2.91. The molecule has 7 heteroatoms. The lowest BCUT2D eigenvalue weighted by Gasteiger charge is -2.21. The number of hydrogen-bond acceptors (Lipinski definition) is 2. The van der Waals surface area contributed by atoms with E-state index in [1.165, 1.54) is 6.07 Å². The fourth-order valence-corrected chi connectivity index (χ4v) is 3.62. The predicted octanol–water partition coefficient (Wildman–Crippen LogP) is 5.14. The SMILES string of the molecule is O=C1N(Cc2ccc(Cl)cc2)c2c(C(F)(F)F)cccc2C1(O)C#Cc1ccccc1. The number of nitrogens with zero attached hydrogens (tertiary/aromatic N) is 1. The van der Waals surface area contributed by atoms with Crippen LogP contribution >= 0.6 is 11.6 Å². The van der Waals surface area contributed by atoms with Gasteiger partial charge >= 0.3 is 6.18 Å². The molecule has 0 fully saturated rings. The van der Waals surface area contributed by atoms with Gasteiger partial charge in [0.25, 0.3) is 5.91 Å². The number of alkyl halides is 3. The number of hydrogen-bond donors (Lipinski definition) is 1. The first-order valence-corrected chi connectivity index (χ1v) is 9.65. The third-order valence-corrected chi connectivity index (χ3v) is 5.22. The Labute approximate surface area is 181 Å². The summed E-state index contributed by atoms with van der Waals surface area (Å²) in [6.07, 6.45) is -4.72. The van der Waals surface area contributed by atoms with Gasteiger partial charge in [-0.25, -0.2) is 0 Å². The van der Waals surface area contributed by atoms with E-state index in [1.807, 2.05) is 0 Å². The number of benzene rings is 3. The average Bonchev–Trinajstić information content (AvgIpc) is 2.96. The maximum atomic E-state index is 13.8. The Morgan fingerprint density at radius 3 is 2.29 bits per heavy atom. The van der Waals surface area contributed by atoms with E-state index in [-0.39, 0.29) is 17.8 Å². The van der Waals surface area contributed by atoms with Crippen molar-refractivity contribution in [2.24, 2.45) is 0 Å². The number of aliphatic hydroxyl groups is 1. The third kappa shape index (κ3) is 3.90. The van der Waals surface area contributed by atoms with Crippen LogP contribution in [0.4, 0.5) is 18.9 Å². The first-order valence-electron chi connectivity index (χ1n) is 9.28. The van der Waals surface area contributed by atoms with Crippen LogP contribution in [0.1, 0.15) is 22.3 Å². The molecule has 4 rings (SSSR count). The lowest BCUT2D eigenvalue weighted by atomic mass is 9.94. The molecule has 0 saturated heterocycles. The fourth-order valence-electron chi connectivity index (χ4n) is 3.50. The zero-order valence-corrected chi connectivity index (χ0v) is 16.7. The summed E-state index contributed by atoms with van der Waals surface area (Å²) in [5, 5.41) is 11.7. The highest BCUT2D eigenvalue weighted by Gasteiger charge is 2.52. The zero-order chi connectivity index (χ0) is 22.2. The van der Waals surface area contributed by atoms with Crippen LogP contribution in [0.25, 0.3) is 0 Å². The average molecular weight is 442 g/mol. The summed E-state index contributed by atoms with van der Waals surface area (Å²) in [4.78, 5) is 14.2. The van der Waals surface area contributed by atoms with Gasteiger partial charge in [0.1, 0.15) is 0 Å². The number of para-hydroxylation sites is 1. The van der Waals surface area contributed by atoms with Gasteiger partial charge in [-0.15, -0.1) is 0 Å². The van der Waals surface area contributed by atoms with Gasteiger partial charge in [0.2, 0.25) is 5.60 Å². The van der Waals surface area contributed by atoms with E-state index >= 15 is 0 Å². The second-order valence-electron chi connectivity index (χ2n) is 7.04. The standard InChI is InChI=1S/C24H15ClF3NO2/c25-18-11-9-17(10-12-18)15-29-21-19(7-4-8-20(21)24(26,27)28)23(31,22(29)30)14-13-16-5-2-1-3-6-16/h1-12,31H,15H2. The second kappa shape index (κ2) is 7.77. The van der Waals surface area contributed by atoms with Gasteiger partial charge in [-0.2, -0.15) is 13.2 Å². The highest BCUT2D eigenvalue weighted by Crippen LogP contribution is 2.47. The van der Waals surface area contributed by atoms with Gasteiger partial charge in [0, 0.05) is 16.1 Å². The first kappa shape index (κ1) is 21.0. The molecule has 1 aliphatic heterocycles. The van der Waals surface area contributed by atoms with Gasteiger partial charge in [-0.3, -0.25) is 4.79 Å². The van der Waals surface area contributed by atoms with Crippen molar-refractivity contribution in [1.29, 1.82) is 0 Å². The molecule has 156 valence electrons. The van der Waals surface area contributed by atoms with Crippen LogP contribution < -0.4 is 4.90 Å². The topological polar surface area (TPSA) is 40.5 Å². The summed E-state index contributed by atoms with van der Waals surface area (Å²) < 4.78 is 41.3. The molecule has 1 heterocycles. The summed E-state index contributed by atoms with van der Waals surface area (Å²) in [6, 6.07) is 18.3. The van der Waals surface area contributed by atoms with Crippen LogP contribution in [0.5, 0.6) is 0 Å². The van der Waals surface area contributed by atoms with Crippen molar-refractivity contribution in [1.82, 2.24) is 0 Å². The molecule has 0 aliphatic carbocycles. The van der Waals surface area contributed by atoms with Crippen molar-refractivity contribution < 1.29 is 23.1 Å². The van der Waals surface area contributed by atoms with Crippen LogP contribution in [0.15, 0.2) is 72.8 Å². The second-order valence-corrected chi connectivity index (χ2v) is 7.48. The van der Waals surface area contributed by atoms with Crippen LogP contribution in [0.2, 0.25) is 5.02 Å². The molecule has 0 saturated carbocycles. The Morgan fingerprint density at radius 2 is 1.65 bits per heavy atom. The van der Waals surface area contributed by atoms with E-state index in [0.717, 1.165) is 17.0 Å². The van der Waals surface area contributed by atoms with E-state index in [2.05, 4.69) is 11.8 Å². The Morgan fingerprint density at radius 1 is 0.968 bits per heavy atom. The Bertz CT molecular complexity index is 1200. The van der Waals surface area contributed by atoms with E-state index in [4.69, 9.17) is 11.6 Å². The smallest absolute Gasteiger partial charge is 0.366 e. The highest BCUT2D eigenvalue weighted by molar-refractivity contribution is 6.30.